The summed E-state index contributed by atoms with van der Waals surface area (Å²) in [5, 5.41) is 71.8. The van der Waals surface area contributed by atoms with Gasteiger partial charge >= 0.3 is 0 Å². The van der Waals surface area contributed by atoms with Crippen molar-refractivity contribution in [2.75, 3.05) is 0 Å². The van der Waals surface area contributed by atoms with Crippen molar-refractivity contribution >= 4 is 21.9 Å². The number of aromatic hydroxyl groups is 7. The highest BCUT2D eigenvalue weighted by Gasteiger charge is 2.24. The highest BCUT2D eigenvalue weighted by Crippen LogP contribution is 2.48. The van der Waals surface area contributed by atoms with Gasteiger partial charge in [0.1, 0.15) is 56.6 Å². The number of hydrogen-bond acceptors (Lipinski definition) is 11. The molecule has 0 saturated heterocycles. The van der Waals surface area contributed by atoms with Crippen LogP contribution >= 0.6 is 0 Å². The molecule has 2 aromatic heterocycles. The first-order valence-electron chi connectivity index (χ1n) is 11.9. The Morgan fingerprint density at radius 3 is 1.85 bits per heavy atom. The van der Waals surface area contributed by atoms with Crippen molar-refractivity contribution in [1.29, 1.82) is 0 Å². The zero-order chi connectivity index (χ0) is 29.2. The molecular weight excluding hydrogens is 536 g/mol. The standard InChI is InChI=1S/C30H18O11/c31-14-3-1-12(2-4-14)23-11-21(37)28-19(35)9-18(34)26(30(28)41-23)16-5-13(6-22(38)29(16)39)24-10-20(36)27-17(33)7-15(32)8-25(27)40-24/h1-11,31-35,38-39H. The zero-order valence-electron chi connectivity index (χ0n) is 20.6. The Kier molecular flexibility index (Phi) is 5.52. The van der Waals surface area contributed by atoms with Crippen molar-refractivity contribution in [2.24, 2.45) is 0 Å². The molecule has 0 aliphatic carbocycles. The van der Waals surface area contributed by atoms with Crippen LogP contribution < -0.4 is 10.9 Å². The Hall–Kier alpha value is -6.10. The lowest BCUT2D eigenvalue weighted by molar-refractivity contribution is 0.404. The normalized spacial score (nSPS) is 11.3. The van der Waals surface area contributed by atoms with E-state index in [9.17, 15) is 45.3 Å². The smallest absolute Gasteiger partial charge is 0.197 e. The van der Waals surface area contributed by atoms with Crippen molar-refractivity contribution in [1.82, 2.24) is 0 Å². The summed E-state index contributed by atoms with van der Waals surface area (Å²) in [6, 6.07) is 13.1. The van der Waals surface area contributed by atoms with E-state index in [4.69, 9.17) is 8.83 Å². The molecule has 41 heavy (non-hydrogen) atoms. The van der Waals surface area contributed by atoms with Crippen LogP contribution in [0, 0.1) is 0 Å². The van der Waals surface area contributed by atoms with Crippen LogP contribution in [0.3, 0.4) is 0 Å². The summed E-state index contributed by atoms with van der Waals surface area (Å²) >= 11 is 0. The Labute approximate surface area is 227 Å². The van der Waals surface area contributed by atoms with Gasteiger partial charge in [-0.25, -0.2) is 0 Å². The van der Waals surface area contributed by atoms with Crippen LogP contribution in [0.2, 0.25) is 0 Å². The number of hydrogen-bond donors (Lipinski definition) is 7. The maximum atomic E-state index is 13.1. The number of rotatable bonds is 3. The molecule has 4 aromatic carbocycles. The van der Waals surface area contributed by atoms with Gasteiger partial charge in [-0.3, -0.25) is 9.59 Å². The fourth-order valence-electron chi connectivity index (χ4n) is 4.68. The van der Waals surface area contributed by atoms with E-state index in [0.717, 1.165) is 36.4 Å². The van der Waals surface area contributed by atoms with Crippen LogP contribution in [0.4, 0.5) is 0 Å². The van der Waals surface area contributed by atoms with E-state index in [2.05, 4.69) is 0 Å². The second-order valence-corrected chi connectivity index (χ2v) is 9.22. The first-order valence-corrected chi connectivity index (χ1v) is 11.9. The van der Waals surface area contributed by atoms with Gasteiger partial charge in [0.05, 0.1) is 5.56 Å². The van der Waals surface area contributed by atoms with Crippen LogP contribution in [0.15, 0.2) is 85.2 Å². The summed E-state index contributed by atoms with van der Waals surface area (Å²) in [4.78, 5) is 25.8. The summed E-state index contributed by atoms with van der Waals surface area (Å²) in [6.45, 7) is 0. The highest BCUT2D eigenvalue weighted by atomic mass is 16.3. The largest absolute Gasteiger partial charge is 0.508 e. The van der Waals surface area contributed by atoms with E-state index in [1.165, 1.54) is 30.3 Å². The van der Waals surface area contributed by atoms with Gasteiger partial charge in [0, 0.05) is 47.0 Å². The van der Waals surface area contributed by atoms with Crippen LogP contribution in [-0.2, 0) is 0 Å². The molecule has 6 aromatic rings. The molecule has 11 nitrogen and oxygen atoms in total. The molecular formula is C30H18O11. The van der Waals surface area contributed by atoms with Crippen molar-refractivity contribution < 1.29 is 44.6 Å². The topological polar surface area (TPSA) is 202 Å². The van der Waals surface area contributed by atoms with E-state index >= 15 is 0 Å². The summed E-state index contributed by atoms with van der Waals surface area (Å²) in [7, 11) is 0. The van der Waals surface area contributed by atoms with E-state index in [1.807, 2.05) is 0 Å². The van der Waals surface area contributed by atoms with Crippen LogP contribution in [0.5, 0.6) is 40.2 Å². The second-order valence-electron chi connectivity index (χ2n) is 9.22. The molecule has 11 heteroatoms. The van der Waals surface area contributed by atoms with E-state index in [0.29, 0.717) is 5.56 Å². The fourth-order valence-corrected chi connectivity index (χ4v) is 4.68. The van der Waals surface area contributed by atoms with E-state index < -0.39 is 39.6 Å². The number of fused-ring (bicyclic) bond motifs is 2. The molecule has 0 aliphatic rings. The first-order chi connectivity index (χ1) is 19.5. The summed E-state index contributed by atoms with van der Waals surface area (Å²) in [5.74, 6) is -3.69. The van der Waals surface area contributed by atoms with Crippen molar-refractivity contribution in [2.45, 2.75) is 0 Å². The molecule has 0 radical (unpaired) electrons. The molecule has 2 heterocycles. The third kappa shape index (κ3) is 4.08. The Morgan fingerprint density at radius 1 is 0.512 bits per heavy atom. The molecule has 204 valence electrons. The quantitative estimate of drug-likeness (QED) is 0.148. The molecule has 7 N–H and O–H groups in total. The molecule has 0 spiro atoms. The van der Waals surface area contributed by atoms with Crippen LogP contribution in [0.1, 0.15) is 0 Å². The molecule has 0 amide bonds. The zero-order valence-corrected chi connectivity index (χ0v) is 20.6. The molecule has 0 unspecified atom stereocenters. The summed E-state index contributed by atoms with van der Waals surface area (Å²) < 4.78 is 11.6. The number of phenols is 7. The van der Waals surface area contributed by atoms with Crippen molar-refractivity contribution in [3.05, 3.63) is 87.2 Å². The van der Waals surface area contributed by atoms with Crippen molar-refractivity contribution in [3.63, 3.8) is 0 Å². The molecule has 0 aliphatic heterocycles. The minimum Gasteiger partial charge on any atom is -0.508 e. The number of benzene rings is 4. The third-order valence-electron chi connectivity index (χ3n) is 6.55. The lowest BCUT2D eigenvalue weighted by Gasteiger charge is -2.15. The van der Waals surface area contributed by atoms with Crippen molar-refractivity contribution in [3.8, 4) is 74.0 Å². The third-order valence-corrected chi connectivity index (χ3v) is 6.55. The minimum absolute atomic E-state index is 0.00811. The lowest BCUT2D eigenvalue weighted by atomic mass is 9.96. The monoisotopic (exact) mass is 554 g/mol. The SMILES string of the molecule is O=c1cc(-c2cc(O)c(O)c(-c3c(O)cc(O)c4c(=O)cc(-c5ccc(O)cc5)oc34)c2)oc2cc(O)cc(O)c12. The van der Waals surface area contributed by atoms with Gasteiger partial charge in [0.2, 0.25) is 0 Å². The average molecular weight is 554 g/mol. The molecule has 0 saturated carbocycles. The van der Waals surface area contributed by atoms with Crippen LogP contribution in [-0.4, -0.2) is 35.7 Å². The molecule has 6 rings (SSSR count). The fraction of sp³-hybridized carbons (Fsp3) is 0. The van der Waals surface area contributed by atoms with Gasteiger partial charge in [-0.05, 0) is 36.4 Å². The second kappa shape index (κ2) is 8.99. The van der Waals surface area contributed by atoms with E-state index in [-0.39, 0.29) is 61.6 Å². The summed E-state index contributed by atoms with van der Waals surface area (Å²) in [5.41, 5.74) is -1.99. The van der Waals surface area contributed by atoms with Gasteiger partial charge in [-0.2, -0.15) is 0 Å². The van der Waals surface area contributed by atoms with Gasteiger partial charge in [-0.1, -0.05) is 0 Å². The molecule has 0 atom stereocenters. The molecule has 0 bridgehead atoms. The maximum Gasteiger partial charge on any atom is 0.197 e. The van der Waals surface area contributed by atoms with Gasteiger partial charge in [0.25, 0.3) is 0 Å². The predicted octanol–water partition coefficient (Wildman–Crippen LogP) is 4.84. The van der Waals surface area contributed by atoms with Gasteiger partial charge in [0.15, 0.2) is 27.9 Å². The summed E-state index contributed by atoms with van der Waals surface area (Å²) in [6.07, 6.45) is 0. The molecule has 0 fully saturated rings. The maximum absolute atomic E-state index is 13.1. The Balaban J connectivity index is 1.64. The van der Waals surface area contributed by atoms with Crippen LogP contribution in [0.25, 0.3) is 55.7 Å². The minimum atomic E-state index is -0.729. The first kappa shape index (κ1) is 25.2. The average Bonchev–Trinajstić information content (AvgIpc) is 2.90. The highest BCUT2D eigenvalue weighted by molar-refractivity contribution is 6.02. The van der Waals surface area contributed by atoms with Gasteiger partial charge in [-0.15, -0.1) is 0 Å². The predicted molar refractivity (Wildman–Crippen MR) is 146 cm³/mol. The van der Waals surface area contributed by atoms with E-state index in [1.54, 1.807) is 0 Å². The Morgan fingerprint density at radius 2 is 1.15 bits per heavy atom. The lowest BCUT2D eigenvalue weighted by Crippen LogP contribution is -2.02. The number of phenolic OH excluding ortho intramolecular Hbond substituents is 7. The Bertz CT molecular complexity index is 2160. The van der Waals surface area contributed by atoms with Gasteiger partial charge < -0.3 is 44.6 Å².